The molecule has 0 bridgehead atoms. The molecule has 1 fully saturated rings. The Kier molecular flexibility index (Phi) is 6.22. The van der Waals surface area contributed by atoms with Gasteiger partial charge < -0.3 is 9.73 Å². The highest BCUT2D eigenvalue weighted by molar-refractivity contribution is 6.34. The van der Waals surface area contributed by atoms with E-state index in [0.29, 0.717) is 21.3 Å². The molecule has 0 saturated carbocycles. The first-order chi connectivity index (χ1) is 14.5. The number of anilines is 1. The van der Waals surface area contributed by atoms with Gasteiger partial charge in [0.25, 0.3) is 0 Å². The summed E-state index contributed by atoms with van der Waals surface area (Å²) in [6.45, 7) is 2.40. The zero-order valence-electron chi connectivity index (χ0n) is 16.0. The van der Waals surface area contributed by atoms with Crippen molar-refractivity contribution in [1.82, 2.24) is 15.1 Å². The van der Waals surface area contributed by atoms with Gasteiger partial charge in [-0.2, -0.15) is 0 Å². The Hall–Kier alpha value is -2.61. The minimum Gasteiger partial charge on any atom is -0.388 e. The van der Waals surface area contributed by atoms with Gasteiger partial charge >= 0.3 is 5.76 Å². The van der Waals surface area contributed by atoms with Crippen LogP contribution in [0, 0.1) is 5.92 Å². The number of carbonyl (C=O) groups excluding carboxylic acids is 1. The van der Waals surface area contributed by atoms with E-state index in [4.69, 9.17) is 27.6 Å². The number of amides is 1. The van der Waals surface area contributed by atoms with Crippen molar-refractivity contribution in [2.24, 2.45) is 5.92 Å². The third-order valence-corrected chi connectivity index (χ3v) is 5.54. The number of nitrogens with one attached hydrogen (secondary N) is 2. The summed E-state index contributed by atoms with van der Waals surface area (Å²) < 4.78 is 4.96. The fourth-order valence-electron chi connectivity index (χ4n) is 3.64. The van der Waals surface area contributed by atoms with Crippen molar-refractivity contribution in [1.29, 1.82) is 0 Å². The summed E-state index contributed by atoms with van der Waals surface area (Å²) in [5.74, 6) is -0.506. The molecule has 1 saturated heterocycles. The van der Waals surface area contributed by atoms with Crippen molar-refractivity contribution in [2.45, 2.75) is 19.4 Å². The van der Waals surface area contributed by atoms with Gasteiger partial charge in [0, 0.05) is 33.8 Å². The van der Waals surface area contributed by atoms with E-state index in [-0.39, 0.29) is 17.7 Å². The van der Waals surface area contributed by atoms with Gasteiger partial charge in [-0.3, -0.25) is 9.69 Å². The molecule has 9 heteroatoms. The Morgan fingerprint density at radius 3 is 2.57 bits per heavy atom. The average Bonchev–Trinajstić information content (AvgIpc) is 3.14. The van der Waals surface area contributed by atoms with E-state index >= 15 is 0 Å². The molecule has 30 heavy (non-hydrogen) atoms. The molecule has 0 spiro atoms. The second-order valence-electron chi connectivity index (χ2n) is 7.32. The van der Waals surface area contributed by atoms with Crippen molar-refractivity contribution < 1.29 is 9.21 Å². The predicted molar refractivity (Wildman–Crippen MR) is 116 cm³/mol. The first kappa shape index (κ1) is 20.7. The molecule has 1 aliphatic rings. The Labute approximate surface area is 183 Å². The summed E-state index contributed by atoms with van der Waals surface area (Å²) >= 11 is 12.2. The van der Waals surface area contributed by atoms with Crippen LogP contribution in [0.3, 0.4) is 0 Å². The van der Waals surface area contributed by atoms with Crippen LogP contribution in [0.4, 0.5) is 5.69 Å². The summed E-state index contributed by atoms with van der Waals surface area (Å²) in [5, 5.41) is 10.3. The Bertz CT molecular complexity index is 1080. The number of carbonyl (C=O) groups is 1. The van der Waals surface area contributed by atoms with Gasteiger partial charge in [0.2, 0.25) is 11.8 Å². The normalized spacial score (nSPS) is 15.3. The minimum absolute atomic E-state index is 0.0129. The molecule has 1 aliphatic heterocycles. The molecule has 2 aromatic carbocycles. The van der Waals surface area contributed by atoms with Crippen molar-refractivity contribution in [3.8, 4) is 11.5 Å². The molecule has 4 rings (SSSR count). The van der Waals surface area contributed by atoms with Gasteiger partial charge in [0.1, 0.15) is 0 Å². The number of aromatic amines is 1. The second-order valence-corrected chi connectivity index (χ2v) is 8.19. The van der Waals surface area contributed by atoms with Crippen LogP contribution in [0.2, 0.25) is 10.0 Å². The lowest BCUT2D eigenvalue weighted by Crippen LogP contribution is -2.37. The maximum atomic E-state index is 12.7. The maximum absolute atomic E-state index is 12.7. The molecular weight excluding hydrogens is 427 g/mol. The number of likely N-dealkylation sites (tertiary alicyclic amines) is 1. The molecule has 2 N–H and O–H groups in total. The van der Waals surface area contributed by atoms with Gasteiger partial charge in [-0.15, -0.1) is 5.10 Å². The molecule has 1 amide bonds. The quantitative estimate of drug-likeness (QED) is 0.612. The van der Waals surface area contributed by atoms with E-state index in [9.17, 15) is 9.59 Å². The average molecular weight is 447 g/mol. The van der Waals surface area contributed by atoms with Gasteiger partial charge in [-0.05, 0) is 67.9 Å². The topological polar surface area (TPSA) is 91.2 Å². The van der Waals surface area contributed by atoms with Gasteiger partial charge in [0.15, 0.2) is 0 Å². The van der Waals surface area contributed by atoms with Crippen LogP contribution in [0.25, 0.3) is 11.5 Å². The van der Waals surface area contributed by atoms with Crippen molar-refractivity contribution in [2.75, 3.05) is 18.4 Å². The van der Waals surface area contributed by atoms with Crippen LogP contribution in [0.15, 0.2) is 51.7 Å². The summed E-state index contributed by atoms with van der Waals surface area (Å²) in [6.07, 6.45) is 1.54. The number of rotatable bonds is 5. The first-order valence-electron chi connectivity index (χ1n) is 9.60. The fraction of sp³-hybridized carbons (Fsp3) is 0.286. The SMILES string of the molecule is O=C(Nc1cccc(-c2n[nH]c(=O)o2)c1)C1CCN(Cc2cc(Cl)cc(Cl)c2)CC1. The second kappa shape index (κ2) is 9.04. The Morgan fingerprint density at radius 1 is 1.17 bits per heavy atom. The van der Waals surface area contributed by atoms with Crippen molar-refractivity contribution in [3.05, 3.63) is 68.6 Å². The van der Waals surface area contributed by atoms with E-state index in [2.05, 4.69) is 20.4 Å². The molecule has 0 atom stereocenters. The molecular formula is C21H20Cl2N4O3. The van der Waals surface area contributed by atoms with E-state index < -0.39 is 5.76 Å². The van der Waals surface area contributed by atoms with Gasteiger partial charge in [-0.25, -0.2) is 9.89 Å². The van der Waals surface area contributed by atoms with Crippen LogP contribution in [-0.2, 0) is 11.3 Å². The zero-order chi connectivity index (χ0) is 21.1. The Morgan fingerprint density at radius 2 is 1.90 bits per heavy atom. The number of H-pyrrole nitrogens is 1. The molecule has 0 aliphatic carbocycles. The van der Waals surface area contributed by atoms with Crippen LogP contribution >= 0.6 is 23.2 Å². The van der Waals surface area contributed by atoms with Gasteiger partial charge in [0.05, 0.1) is 0 Å². The number of aromatic nitrogens is 2. The molecule has 0 unspecified atom stereocenters. The lowest BCUT2D eigenvalue weighted by molar-refractivity contribution is -0.121. The standard InChI is InChI=1S/C21H20Cl2N4O3/c22-16-8-13(9-17(23)11-16)12-27-6-4-14(5-7-27)19(28)24-18-3-1-2-15(10-18)20-25-26-21(29)30-20/h1-3,8-11,14H,4-7,12H2,(H,24,28)(H,26,29). The number of hydrogen-bond acceptors (Lipinski definition) is 5. The monoisotopic (exact) mass is 446 g/mol. The lowest BCUT2D eigenvalue weighted by atomic mass is 9.95. The molecule has 156 valence electrons. The van der Waals surface area contributed by atoms with Crippen LogP contribution in [0.1, 0.15) is 18.4 Å². The molecule has 7 nitrogen and oxygen atoms in total. The predicted octanol–water partition coefficient (Wildman–Crippen LogP) is 4.19. The van der Waals surface area contributed by atoms with Crippen molar-refractivity contribution in [3.63, 3.8) is 0 Å². The highest BCUT2D eigenvalue weighted by Crippen LogP contribution is 2.25. The highest BCUT2D eigenvalue weighted by Gasteiger charge is 2.25. The van der Waals surface area contributed by atoms with Crippen molar-refractivity contribution >= 4 is 34.8 Å². The smallest absolute Gasteiger partial charge is 0.388 e. The molecule has 3 aromatic rings. The largest absolute Gasteiger partial charge is 0.434 e. The van der Waals surface area contributed by atoms with E-state index in [0.717, 1.165) is 38.0 Å². The minimum atomic E-state index is -0.619. The summed E-state index contributed by atoms with van der Waals surface area (Å²) in [4.78, 5) is 26.1. The van der Waals surface area contributed by atoms with Crippen LogP contribution in [0.5, 0.6) is 0 Å². The molecule has 2 heterocycles. The highest BCUT2D eigenvalue weighted by atomic mass is 35.5. The van der Waals surface area contributed by atoms with E-state index in [1.807, 2.05) is 12.1 Å². The number of hydrogen-bond donors (Lipinski definition) is 2. The van der Waals surface area contributed by atoms with Gasteiger partial charge in [-0.1, -0.05) is 29.3 Å². The first-order valence-corrected chi connectivity index (χ1v) is 10.4. The maximum Gasteiger partial charge on any atom is 0.434 e. The third-order valence-electron chi connectivity index (χ3n) is 5.10. The zero-order valence-corrected chi connectivity index (χ0v) is 17.5. The fourth-order valence-corrected chi connectivity index (χ4v) is 4.21. The molecule has 0 radical (unpaired) electrons. The lowest BCUT2D eigenvalue weighted by Gasteiger charge is -2.31. The summed E-state index contributed by atoms with van der Waals surface area (Å²) in [6, 6.07) is 12.6. The number of piperidine rings is 1. The third kappa shape index (κ3) is 5.11. The number of benzene rings is 2. The number of halogens is 2. The summed E-state index contributed by atoms with van der Waals surface area (Å²) in [7, 11) is 0. The van der Waals surface area contributed by atoms with E-state index in [1.165, 1.54) is 0 Å². The van der Waals surface area contributed by atoms with Crippen LogP contribution in [-0.4, -0.2) is 34.1 Å². The van der Waals surface area contributed by atoms with E-state index in [1.54, 1.807) is 30.3 Å². The number of nitrogens with zero attached hydrogens (tertiary/aromatic N) is 2. The Balaban J connectivity index is 1.33. The van der Waals surface area contributed by atoms with Crippen LogP contribution < -0.4 is 11.1 Å². The molecule has 1 aromatic heterocycles. The summed E-state index contributed by atoms with van der Waals surface area (Å²) in [5.41, 5.74) is 2.32.